The lowest BCUT2D eigenvalue weighted by atomic mass is 9.95. The van der Waals surface area contributed by atoms with E-state index in [0.29, 0.717) is 37.6 Å². The maximum atomic E-state index is 12.2. The van der Waals surface area contributed by atoms with Crippen LogP contribution in [0.5, 0.6) is 0 Å². The van der Waals surface area contributed by atoms with E-state index in [0.717, 1.165) is 60.5 Å². The van der Waals surface area contributed by atoms with E-state index >= 15 is 0 Å². The average Bonchev–Trinajstić information content (AvgIpc) is 3.67. The number of hydrogen-bond donors (Lipinski definition) is 2. The molecular weight excluding hydrogens is 528 g/mol. The van der Waals surface area contributed by atoms with Crippen LogP contribution in [0.2, 0.25) is 0 Å². The molecule has 1 atom stereocenters. The van der Waals surface area contributed by atoms with E-state index in [9.17, 15) is 10.2 Å². The number of rotatable bonds is 7. The summed E-state index contributed by atoms with van der Waals surface area (Å²) in [5.74, 6) is 0.514. The zero-order valence-electron chi connectivity index (χ0n) is 26.8. The molecule has 0 spiro atoms. The van der Waals surface area contributed by atoms with Crippen LogP contribution in [0.25, 0.3) is 11.1 Å². The van der Waals surface area contributed by atoms with Crippen molar-refractivity contribution in [1.82, 2.24) is 20.0 Å². The molecule has 2 aromatic rings. The van der Waals surface area contributed by atoms with Crippen molar-refractivity contribution in [2.75, 3.05) is 37.7 Å². The van der Waals surface area contributed by atoms with Crippen molar-refractivity contribution in [2.24, 2.45) is 12.5 Å². The monoisotopic (exact) mass is 578 g/mol. The summed E-state index contributed by atoms with van der Waals surface area (Å²) in [6.45, 7) is 18.3. The predicted octanol–water partition coefficient (Wildman–Crippen LogP) is 5.29. The summed E-state index contributed by atoms with van der Waals surface area (Å²) in [5, 5.41) is 17.4. The first-order chi connectivity index (χ1) is 19.8. The van der Waals surface area contributed by atoms with Gasteiger partial charge in [-0.2, -0.15) is 5.10 Å². The van der Waals surface area contributed by atoms with Crippen LogP contribution in [0.4, 0.5) is 5.69 Å². The second-order valence-corrected chi connectivity index (χ2v) is 13.5. The number of nitrogens with one attached hydrogen (secondary N) is 2. The van der Waals surface area contributed by atoms with Crippen LogP contribution in [0, 0.1) is 10.8 Å². The third-order valence-corrected chi connectivity index (χ3v) is 7.51. The molecule has 9 heteroatoms. The van der Waals surface area contributed by atoms with Crippen LogP contribution in [0.1, 0.15) is 72.4 Å². The van der Waals surface area contributed by atoms with Crippen molar-refractivity contribution in [3.05, 3.63) is 46.9 Å². The Balaban J connectivity index is 0.000000748. The van der Waals surface area contributed by atoms with Crippen molar-refractivity contribution in [3.8, 4) is 11.1 Å². The summed E-state index contributed by atoms with van der Waals surface area (Å²) in [4.78, 5) is 16.2. The van der Waals surface area contributed by atoms with E-state index in [4.69, 9.17) is 9.47 Å². The first-order valence-corrected chi connectivity index (χ1v) is 15.3. The average molecular weight is 579 g/mol. The molecule has 1 fully saturated rings. The van der Waals surface area contributed by atoms with Gasteiger partial charge in [0, 0.05) is 68.8 Å². The minimum atomic E-state index is 0.0459. The number of nitrogens with zero attached hydrogens (tertiary/aromatic N) is 4. The van der Waals surface area contributed by atoms with Crippen molar-refractivity contribution < 1.29 is 14.3 Å². The lowest BCUT2D eigenvalue weighted by Crippen LogP contribution is -2.44. The molecule has 4 heterocycles. The summed E-state index contributed by atoms with van der Waals surface area (Å²) >= 11 is 0. The molecular formula is C33H50N6O3. The Morgan fingerprint density at radius 1 is 1.21 bits per heavy atom. The minimum Gasteiger partial charge on any atom is -0.383 e. The van der Waals surface area contributed by atoms with Crippen LogP contribution in [0.15, 0.2) is 35.8 Å². The number of carbonyl (C=O) groups is 1. The number of anilines is 1. The number of hydrogen-bond acceptors (Lipinski definition) is 6. The van der Waals surface area contributed by atoms with Gasteiger partial charge in [-0.1, -0.05) is 33.8 Å². The first kappa shape index (κ1) is 31.8. The molecule has 1 aromatic heterocycles. The lowest BCUT2D eigenvalue weighted by molar-refractivity contribution is -0.128. The van der Waals surface area contributed by atoms with Gasteiger partial charge in [-0.3, -0.25) is 14.9 Å². The highest BCUT2D eigenvalue weighted by atomic mass is 16.5. The molecule has 0 bridgehead atoms. The summed E-state index contributed by atoms with van der Waals surface area (Å²) in [6, 6.07) is 4.52. The molecule has 1 saturated heterocycles. The van der Waals surface area contributed by atoms with E-state index in [1.54, 1.807) is 6.92 Å². The van der Waals surface area contributed by atoms with Gasteiger partial charge in [-0.15, -0.1) is 0 Å². The Kier molecular flexibility index (Phi) is 10.1. The fraction of sp³-hybridized carbons (Fsp3) is 0.606. The number of amides is 1. The highest BCUT2D eigenvalue weighted by Gasteiger charge is 2.32. The van der Waals surface area contributed by atoms with Crippen LogP contribution >= 0.6 is 0 Å². The summed E-state index contributed by atoms with van der Waals surface area (Å²) in [5.41, 5.74) is 8.11. The molecule has 0 saturated carbocycles. The number of benzene rings is 1. The zero-order valence-corrected chi connectivity index (χ0v) is 26.8. The molecule has 3 aliphatic rings. The van der Waals surface area contributed by atoms with Crippen LogP contribution in [-0.2, 0) is 34.3 Å². The molecule has 2 N–H and O–H groups in total. The predicted molar refractivity (Wildman–Crippen MR) is 169 cm³/mol. The van der Waals surface area contributed by atoms with Crippen molar-refractivity contribution in [2.45, 2.75) is 86.5 Å². The van der Waals surface area contributed by atoms with Gasteiger partial charge in [-0.25, -0.2) is 0 Å². The highest BCUT2D eigenvalue weighted by molar-refractivity contribution is 6.10. The van der Waals surface area contributed by atoms with Crippen molar-refractivity contribution in [1.29, 1.82) is 5.41 Å². The van der Waals surface area contributed by atoms with Gasteiger partial charge >= 0.3 is 0 Å². The molecule has 1 aromatic carbocycles. The van der Waals surface area contributed by atoms with Gasteiger partial charge in [0.25, 0.3) is 0 Å². The maximum absolute atomic E-state index is 12.2. The second-order valence-electron chi connectivity index (χ2n) is 13.5. The van der Waals surface area contributed by atoms with Crippen LogP contribution < -0.4 is 10.2 Å². The quantitative estimate of drug-likeness (QED) is 0.343. The van der Waals surface area contributed by atoms with Gasteiger partial charge in [-0.05, 0) is 54.9 Å². The molecule has 230 valence electrons. The maximum Gasteiger partial charge on any atom is 0.219 e. The van der Waals surface area contributed by atoms with Crippen LogP contribution in [-0.4, -0.2) is 71.4 Å². The third-order valence-electron chi connectivity index (χ3n) is 7.51. The summed E-state index contributed by atoms with van der Waals surface area (Å²) in [7, 11) is 1.93. The fourth-order valence-corrected chi connectivity index (χ4v) is 5.50. The number of amidine groups is 1. The Hall–Kier alpha value is -3.17. The van der Waals surface area contributed by atoms with Crippen molar-refractivity contribution >= 4 is 17.4 Å². The van der Waals surface area contributed by atoms with Gasteiger partial charge < -0.3 is 24.6 Å². The van der Waals surface area contributed by atoms with Gasteiger partial charge in [0.15, 0.2) is 0 Å². The van der Waals surface area contributed by atoms with Gasteiger partial charge in [0.2, 0.25) is 5.91 Å². The fourth-order valence-electron chi connectivity index (χ4n) is 5.50. The third kappa shape index (κ3) is 8.01. The smallest absolute Gasteiger partial charge is 0.219 e. The Labute approximate surface area is 251 Å². The summed E-state index contributed by atoms with van der Waals surface area (Å²) in [6.07, 6.45) is 6.56. The number of aromatic nitrogens is 2. The minimum absolute atomic E-state index is 0.0459. The number of carbonyl (C=O) groups excluding carboxylic acids is 1. The molecule has 1 amide bonds. The van der Waals surface area contributed by atoms with E-state index in [1.807, 2.05) is 29.0 Å². The summed E-state index contributed by atoms with van der Waals surface area (Å²) < 4.78 is 13.5. The Bertz CT molecular complexity index is 1290. The number of fused-ring (bicyclic) bond motifs is 1. The SMILES string of the molecule is CC(=O)N1CCC(NC2CCOC2)=C(C(=N)N2CCc3c2ccc(-c2cnn(C)c2)c3COC(C)C)C1.CC(C)(C)C. The normalized spacial score (nSPS) is 18.7. The lowest BCUT2D eigenvalue weighted by Gasteiger charge is -2.34. The Morgan fingerprint density at radius 3 is 2.55 bits per heavy atom. The van der Waals surface area contributed by atoms with Crippen molar-refractivity contribution in [3.63, 3.8) is 0 Å². The highest BCUT2D eigenvalue weighted by Crippen LogP contribution is 2.38. The van der Waals surface area contributed by atoms with E-state index in [-0.39, 0.29) is 18.1 Å². The standard InChI is InChI=1S/C28H38N6O3.C5H12/c1-18(2)37-17-25-22(20-13-30-32(4)14-20)5-6-27-23(25)7-11-34(27)28(29)24-15-33(19(3)35)10-8-26(24)31-21-9-12-36-16-21;1-5(2,3)4/h5-6,13-14,18,21,29,31H,7-12,15-17H2,1-4H3;1-4H3. The Morgan fingerprint density at radius 2 is 1.95 bits per heavy atom. The second kappa shape index (κ2) is 13.4. The van der Waals surface area contributed by atoms with E-state index < -0.39 is 0 Å². The number of aryl methyl sites for hydroxylation is 1. The van der Waals surface area contributed by atoms with Gasteiger partial charge in [0.1, 0.15) is 5.84 Å². The molecule has 0 radical (unpaired) electrons. The molecule has 5 rings (SSSR count). The van der Waals surface area contributed by atoms with Crippen LogP contribution in [0.3, 0.4) is 0 Å². The first-order valence-electron chi connectivity index (χ1n) is 15.3. The molecule has 1 unspecified atom stereocenters. The topological polar surface area (TPSA) is 95.7 Å². The molecule has 0 aliphatic carbocycles. The molecule has 42 heavy (non-hydrogen) atoms. The molecule has 9 nitrogen and oxygen atoms in total. The van der Waals surface area contributed by atoms with E-state index in [1.165, 1.54) is 11.1 Å². The largest absolute Gasteiger partial charge is 0.383 e. The van der Waals surface area contributed by atoms with E-state index in [2.05, 4.69) is 69.0 Å². The zero-order chi connectivity index (χ0) is 30.6. The van der Waals surface area contributed by atoms with Gasteiger partial charge in [0.05, 0.1) is 38.1 Å². The number of ether oxygens (including phenoxy) is 2. The molecule has 3 aliphatic heterocycles.